The molecule has 2 aliphatic heterocycles. The van der Waals surface area contributed by atoms with Gasteiger partial charge >= 0.3 is 0 Å². The number of hydrogen-bond acceptors (Lipinski definition) is 5. The van der Waals surface area contributed by atoms with Gasteiger partial charge in [-0.1, -0.05) is 6.07 Å². The van der Waals surface area contributed by atoms with Crippen molar-refractivity contribution < 1.29 is 9.47 Å². The zero-order chi connectivity index (χ0) is 18.6. The third kappa shape index (κ3) is 4.31. The highest BCUT2D eigenvalue weighted by molar-refractivity contribution is 7.10. The summed E-state index contributed by atoms with van der Waals surface area (Å²) < 4.78 is 11.9. The molecule has 0 bridgehead atoms. The summed E-state index contributed by atoms with van der Waals surface area (Å²) in [5.41, 5.74) is 2.46. The van der Waals surface area contributed by atoms with Gasteiger partial charge in [-0.3, -0.25) is 4.90 Å². The second-order valence-corrected chi connectivity index (χ2v) is 8.52. The molecule has 0 unspecified atom stereocenters. The highest BCUT2D eigenvalue weighted by Gasteiger charge is 2.25. The van der Waals surface area contributed by atoms with Crippen LogP contribution in [-0.4, -0.2) is 37.2 Å². The lowest BCUT2D eigenvalue weighted by Crippen LogP contribution is -2.33. The van der Waals surface area contributed by atoms with E-state index in [-0.39, 0.29) is 6.10 Å². The van der Waals surface area contributed by atoms with Gasteiger partial charge in [0.2, 0.25) is 0 Å². The van der Waals surface area contributed by atoms with Gasteiger partial charge in [-0.05, 0) is 63.4 Å². The zero-order valence-electron chi connectivity index (χ0n) is 16.4. The second-order valence-electron chi connectivity index (χ2n) is 7.54. The van der Waals surface area contributed by atoms with E-state index < -0.39 is 0 Å². The number of ether oxygens (including phenoxy) is 2. The maximum absolute atomic E-state index is 5.96. The lowest BCUT2D eigenvalue weighted by molar-refractivity contribution is 0.241. The van der Waals surface area contributed by atoms with Crippen molar-refractivity contribution >= 4 is 11.3 Å². The van der Waals surface area contributed by atoms with Gasteiger partial charge in [0.25, 0.3) is 0 Å². The van der Waals surface area contributed by atoms with Crippen molar-refractivity contribution in [1.82, 2.24) is 10.2 Å². The van der Waals surface area contributed by atoms with Crippen LogP contribution in [0.3, 0.4) is 0 Å². The Kier molecular flexibility index (Phi) is 6.01. The fourth-order valence-corrected chi connectivity index (χ4v) is 5.06. The van der Waals surface area contributed by atoms with E-state index in [1.165, 1.54) is 41.9 Å². The SMILES string of the molecule is CCOc1cc2c(cc1CNC[C@H](c1cccs1)N1CCCC1)O[C@@H](C)C2. The van der Waals surface area contributed by atoms with Crippen LogP contribution in [0.2, 0.25) is 0 Å². The second kappa shape index (κ2) is 8.63. The minimum atomic E-state index is 0.260. The molecule has 3 heterocycles. The van der Waals surface area contributed by atoms with E-state index in [9.17, 15) is 0 Å². The molecule has 5 heteroatoms. The summed E-state index contributed by atoms with van der Waals surface area (Å²) in [6.45, 7) is 9.03. The van der Waals surface area contributed by atoms with Crippen LogP contribution in [0.4, 0.5) is 0 Å². The minimum Gasteiger partial charge on any atom is -0.494 e. The van der Waals surface area contributed by atoms with E-state index >= 15 is 0 Å². The molecule has 4 nitrogen and oxygen atoms in total. The van der Waals surface area contributed by atoms with Crippen molar-refractivity contribution in [2.75, 3.05) is 26.2 Å². The van der Waals surface area contributed by atoms with Crippen LogP contribution in [-0.2, 0) is 13.0 Å². The predicted molar refractivity (Wildman–Crippen MR) is 111 cm³/mol. The van der Waals surface area contributed by atoms with Crippen LogP contribution in [0, 0.1) is 0 Å². The Morgan fingerprint density at radius 2 is 2.19 bits per heavy atom. The zero-order valence-corrected chi connectivity index (χ0v) is 17.2. The molecule has 1 fully saturated rings. The van der Waals surface area contributed by atoms with Crippen LogP contribution in [0.5, 0.6) is 11.5 Å². The molecular weight excluding hydrogens is 356 g/mol. The summed E-state index contributed by atoms with van der Waals surface area (Å²) in [7, 11) is 0. The van der Waals surface area contributed by atoms with Crippen molar-refractivity contribution in [2.24, 2.45) is 0 Å². The minimum absolute atomic E-state index is 0.260. The van der Waals surface area contributed by atoms with E-state index in [0.717, 1.165) is 31.0 Å². The molecule has 0 radical (unpaired) electrons. The molecule has 0 amide bonds. The predicted octanol–water partition coefficient (Wildman–Crippen LogP) is 4.40. The van der Waals surface area contributed by atoms with Crippen molar-refractivity contribution in [3.8, 4) is 11.5 Å². The number of likely N-dealkylation sites (tertiary alicyclic amines) is 1. The van der Waals surface area contributed by atoms with Gasteiger partial charge in [-0.25, -0.2) is 0 Å². The van der Waals surface area contributed by atoms with Crippen LogP contribution in [0.1, 0.15) is 48.7 Å². The first-order valence-corrected chi connectivity index (χ1v) is 11.1. The Bertz CT molecular complexity index is 741. The maximum atomic E-state index is 5.96. The van der Waals surface area contributed by atoms with Crippen molar-refractivity contribution in [2.45, 2.75) is 51.8 Å². The number of hydrogen-bond donors (Lipinski definition) is 1. The third-order valence-corrected chi connectivity index (χ3v) is 6.46. The summed E-state index contributed by atoms with van der Waals surface area (Å²) >= 11 is 1.87. The topological polar surface area (TPSA) is 33.7 Å². The van der Waals surface area contributed by atoms with Crippen molar-refractivity contribution in [1.29, 1.82) is 0 Å². The number of fused-ring (bicyclic) bond motifs is 1. The van der Waals surface area contributed by atoms with E-state index in [0.29, 0.717) is 12.6 Å². The Morgan fingerprint density at radius 1 is 1.33 bits per heavy atom. The van der Waals surface area contributed by atoms with Gasteiger partial charge in [0, 0.05) is 35.5 Å². The average molecular weight is 387 g/mol. The number of nitrogens with one attached hydrogen (secondary N) is 1. The van der Waals surface area contributed by atoms with Gasteiger partial charge in [-0.15, -0.1) is 11.3 Å². The maximum Gasteiger partial charge on any atom is 0.124 e. The standard InChI is InChI=1S/C22H30N2O2S/c1-3-25-20-12-17-11-16(2)26-21(17)13-18(20)14-23-15-19(22-7-6-10-27-22)24-8-4-5-9-24/h6-7,10,12-13,16,19,23H,3-5,8-9,11,14-15H2,1-2H3/t16-,19+/m0/s1. The first-order chi connectivity index (χ1) is 13.2. The molecule has 1 N–H and O–H groups in total. The smallest absolute Gasteiger partial charge is 0.124 e. The Hall–Kier alpha value is -1.56. The molecule has 2 aromatic rings. The van der Waals surface area contributed by atoms with Gasteiger partial charge in [0.15, 0.2) is 0 Å². The van der Waals surface area contributed by atoms with Crippen LogP contribution in [0.15, 0.2) is 29.6 Å². The monoisotopic (exact) mass is 386 g/mol. The largest absolute Gasteiger partial charge is 0.494 e. The molecule has 0 spiro atoms. The molecule has 2 atom stereocenters. The first-order valence-electron chi connectivity index (χ1n) is 10.2. The normalized spacial score (nSPS) is 20.4. The summed E-state index contributed by atoms with van der Waals surface area (Å²) in [5.74, 6) is 2.02. The third-order valence-electron chi connectivity index (χ3n) is 5.49. The molecule has 0 aliphatic carbocycles. The van der Waals surface area contributed by atoms with Crippen LogP contribution in [0.25, 0.3) is 0 Å². The molecule has 0 saturated carbocycles. The summed E-state index contributed by atoms with van der Waals surface area (Å²) in [6.07, 6.45) is 3.86. The van der Waals surface area contributed by atoms with E-state index in [4.69, 9.17) is 9.47 Å². The number of nitrogens with zero attached hydrogens (tertiary/aromatic N) is 1. The van der Waals surface area contributed by atoms with Gasteiger partial charge in [0.1, 0.15) is 17.6 Å². The Balaban J connectivity index is 1.45. The first kappa shape index (κ1) is 18.8. The van der Waals surface area contributed by atoms with E-state index in [1.807, 2.05) is 18.3 Å². The van der Waals surface area contributed by atoms with Gasteiger partial charge in [-0.2, -0.15) is 0 Å². The average Bonchev–Trinajstić information content (AvgIpc) is 3.40. The lowest BCUT2D eigenvalue weighted by Gasteiger charge is -2.27. The Morgan fingerprint density at radius 3 is 2.93 bits per heavy atom. The van der Waals surface area contributed by atoms with Gasteiger partial charge < -0.3 is 14.8 Å². The molecule has 4 rings (SSSR count). The van der Waals surface area contributed by atoms with Crippen LogP contribution >= 0.6 is 11.3 Å². The fraction of sp³-hybridized carbons (Fsp3) is 0.545. The van der Waals surface area contributed by atoms with Crippen LogP contribution < -0.4 is 14.8 Å². The molecule has 1 aromatic heterocycles. The molecule has 27 heavy (non-hydrogen) atoms. The van der Waals surface area contributed by atoms with E-state index in [1.54, 1.807) is 0 Å². The number of rotatable bonds is 8. The summed E-state index contributed by atoms with van der Waals surface area (Å²) in [6, 6.07) is 9.25. The highest BCUT2D eigenvalue weighted by Crippen LogP contribution is 2.35. The molecule has 146 valence electrons. The molecule has 2 aliphatic rings. The highest BCUT2D eigenvalue weighted by atomic mass is 32.1. The van der Waals surface area contributed by atoms with Crippen molar-refractivity contribution in [3.63, 3.8) is 0 Å². The number of benzene rings is 1. The fourth-order valence-electron chi connectivity index (χ4n) is 4.20. The quantitative estimate of drug-likeness (QED) is 0.729. The summed E-state index contributed by atoms with van der Waals surface area (Å²) in [4.78, 5) is 4.08. The van der Waals surface area contributed by atoms with E-state index in [2.05, 4.69) is 46.8 Å². The molecule has 1 aromatic carbocycles. The Labute approximate surface area is 166 Å². The lowest BCUT2D eigenvalue weighted by atomic mass is 10.1. The van der Waals surface area contributed by atoms with Crippen molar-refractivity contribution in [3.05, 3.63) is 45.6 Å². The molecule has 1 saturated heterocycles. The summed E-state index contributed by atoms with van der Waals surface area (Å²) in [5, 5.41) is 5.88. The number of thiophene rings is 1. The molecular formula is C22H30N2O2S. The van der Waals surface area contributed by atoms with Gasteiger partial charge in [0.05, 0.1) is 12.6 Å².